The van der Waals surface area contributed by atoms with Crippen LogP contribution in [0.2, 0.25) is 0 Å². The molecule has 0 aromatic rings. The molecule has 0 spiro atoms. The van der Waals surface area contributed by atoms with Gasteiger partial charge in [-0.15, -0.1) is 0 Å². The Hall–Kier alpha value is 0. The van der Waals surface area contributed by atoms with Crippen LogP contribution in [0.15, 0.2) is 0 Å². The molecule has 6 atom stereocenters. The summed E-state index contributed by atoms with van der Waals surface area (Å²) < 4.78 is 0. The van der Waals surface area contributed by atoms with Crippen molar-refractivity contribution in [1.82, 2.24) is 0 Å². The van der Waals surface area contributed by atoms with Gasteiger partial charge in [0.05, 0.1) is 0 Å². The summed E-state index contributed by atoms with van der Waals surface area (Å²) in [6.45, 7) is 20.0. The summed E-state index contributed by atoms with van der Waals surface area (Å²) in [5, 5.41) is 0. The fourth-order valence-corrected chi connectivity index (χ4v) is 5.70. The van der Waals surface area contributed by atoms with Gasteiger partial charge in [-0.3, -0.25) is 0 Å². The van der Waals surface area contributed by atoms with Crippen molar-refractivity contribution in [2.75, 3.05) is 0 Å². The zero-order valence-corrected chi connectivity index (χ0v) is 16.7. The molecule has 2 saturated carbocycles. The summed E-state index contributed by atoms with van der Waals surface area (Å²) >= 11 is 0. The number of hydrogen-bond donors (Lipinski definition) is 0. The van der Waals surface area contributed by atoms with E-state index in [-0.39, 0.29) is 0 Å². The van der Waals surface area contributed by atoms with Crippen molar-refractivity contribution < 1.29 is 0 Å². The van der Waals surface area contributed by atoms with Gasteiger partial charge in [0.25, 0.3) is 0 Å². The summed E-state index contributed by atoms with van der Waals surface area (Å²) in [6, 6.07) is 0. The van der Waals surface area contributed by atoms with Gasteiger partial charge in [-0.2, -0.15) is 0 Å². The van der Waals surface area contributed by atoms with Crippen LogP contribution in [-0.4, -0.2) is 0 Å². The summed E-state index contributed by atoms with van der Waals surface area (Å²) in [5.41, 5.74) is 1.06. The van der Waals surface area contributed by atoms with E-state index in [1.807, 2.05) is 0 Å². The third-order valence-corrected chi connectivity index (χ3v) is 8.67. The van der Waals surface area contributed by atoms with Crippen molar-refractivity contribution in [3.63, 3.8) is 0 Å². The van der Waals surface area contributed by atoms with Gasteiger partial charge in [-0.1, -0.05) is 81.1 Å². The molecule has 2 rings (SSSR count). The van der Waals surface area contributed by atoms with Crippen LogP contribution in [0.3, 0.4) is 0 Å². The highest BCUT2D eigenvalue weighted by Crippen LogP contribution is 2.63. The van der Waals surface area contributed by atoms with Crippen LogP contribution in [0, 0.1) is 46.3 Å². The van der Waals surface area contributed by atoms with Gasteiger partial charge < -0.3 is 0 Å². The van der Waals surface area contributed by atoms with E-state index in [2.05, 4.69) is 55.4 Å². The SMILES string of the molecule is CC(CCC(C)C1CCCC1C)C(C)C1CC(C)(C)C1(C)C. The molecule has 0 aromatic heterocycles. The molecule has 0 radical (unpaired) electrons. The second kappa shape index (κ2) is 6.48. The first kappa shape index (κ1) is 18.3. The summed E-state index contributed by atoms with van der Waals surface area (Å²) in [4.78, 5) is 0. The average Bonchev–Trinajstić information content (AvgIpc) is 2.87. The molecular formula is C22H42. The van der Waals surface area contributed by atoms with Gasteiger partial charge in [-0.25, -0.2) is 0 Å². The van der Waals surface area contributed by atoms with E-state index in [1.54, 1.807) is 0 Å². The van der Waals surface area contributed by atoms with Crippen molar-refractivity contribution in [1.29, 1.82) is 0 Å². The maximum atomic E-state index is 2.54. The van der Waals surface area contributed by atoms with Crippen LogP contribution in [0.1, 0.15) is 93.9 Å². The van der Waals surface area contributed by atoms with Crippen LogP contribution in [-0.2, 0) is 0 Å². The van der Waals surface area contributed by atoms with E-state index < -0.39 is 0 Å². The molecule has 0 saturated heterocycles. The monoisotopic (exact) mass is 306 g/mol. The summed E-state index contributed by atoms with van der Waals surface area (Å²) in [5.74, 6) is 5.64. The second-order valence-electron chi connectivity index (χ2n) is 10.4. The van der Waals surface area contributed by atoms with Gasteiger partial charge in [0.15, 0.2) is 0 Å². The molecule has 0 aliphatic heterocycles. The Morgan fingerprint density at radius 3 is 2.05 bits per heavy atom. The second-order valence-corrected chi connectivity index (χ2v) is 10.4. The van der Waals surface area contributed by atoms with E-state index in [9.17, 15) is 0 Å². The van der Waals surface area contributed by atoms with Crippen molar-refractivity contribution in [3.8, 4) is 0 Å². The highest BCUT2D eigenvalue weighted by atomic mass is 14.6. The minimum atomic E-state index is 0.520. The minimum Gasteiger partial charge on any atom is -0.0622 e. The third-order valence-electron chi connectivity index (χ3n) is 8.67. The van der Waals surface area contributed by atoms with Crippen molar-refractivity contribution >= 4 is 0 Å². The molecule has 22 heavy (non-hydrogen) atoms. The lowest BCUT2D eigenvalue weighted by molar-refractivity contribution is -0.129. The zero-order chi connectivity index (χ0) is 16.7. The fraction of sp³-hybridized carbons (Fsp3) is 1.00. The van der Waals surface area contributed by atoms with E-state index in [0.29, 0.717) is 10.8 Å². The van der Waals surface area contributed by atoms with Crippen LogP contribution in [0.4, 0.5) is 0 Å². The fourth-order valence-electron chi connectivity index (χ4n) is 5.70. The zero-order valence-electron chi connectivity index (χ0n) is 16.7. The van der Waals surface area contributed by atoms with Crippen molar-refractivity contribution in [2.45, 2.75) is 93.9 Å². The first-order chi connectivity index (χ1) is 10.1. The molecule has 0 bridgehead atoms. The Balaban J connectivity index is 1.81. The minimum absolute atomic E-state index is 0.520. The molecule has 0 N–H and O–H groups in total. The smallest absolute Gasteiger partial charge is 0.0272 e. The molecular weight excluding hydrogens is 264 g/mol. The maximum absolute atomic E-state index is 2.54. The van der Waals surface area contributed by atoms with Crippen LogP contribution in [0.5, 0.6) is 0 Å². The lowest BCUT2D eigenvalue weighted by Crippen LogP contribution is -2.54. The van der Waals surface area contributed by atoms with Gasteiger partial charge in [-0.05, 0) is 59.2 Å². The maximum Gasteiger partial charge on any atom is -0.0272 e. The van der Waals surface area contributed by atoms with Gasteiger partial charge in [0.1, 0.15) is 0 Å². The van der Waals surface area contributed by atoms with E-state index in [0.717, 1.165) is 35.5 Å². The molecule has 130 valence electrons. The Labute approximate surface area is 140 Å². The predicted molar refractivity (Wildman–Crippen MR) is 98.9 cm³/mol. The Morgan fingerprint density at radius 1 is 0.955 bits per heavy atom. The molecule has 2 fully saturated rings. The van der Waals surface area contributed by atoms with Crippen LogP contribution < -0.4 is 0 Å². The standard InChI is InChI=1S/C22H42/c1-15(12-13-17(3)19-11-9-10-16(19)2)18(4)20-14-21(5,6)22(20,7)8/h15-20H,9-14H2,1-8H3. The van der Waals surface area contributed by atoms with Gasteiger partial charge in [0, 0.05) is 0 Å². The summed E-state index contributed by atoms with van der Waals surface area (Å²) in [7, 11) is 0. The third kappa shape index (κ3) is 3.27. The largest absolute Gasteiger partial charge is 0.0622 e. The van der Waals surface area contributed by atoms with E-state index >= 15 is 0 Å². The highest BCUT2D eigenvalue weighted by molar-refractivity contribution is 5.04. The first-order valence-electron chi connectivity index (χ1n) is 10.1. The quantitative estimate of drug-likeness (QED) is 0.487. The Morgan fingerprint density at radius 2 is 1.59 bits per heavy atom. The van der Waals surface area contributed by atoms with Gasteiger partial charge in [0.2, 0.25) is 0 Å². The number of rotatable bonds is 6. The first-order valence-corrected chi connectivity index (χ1v) is 10.1. The molecule has 0 nitrogen and oxygen atoms in total. The molecule has 2 aliphatic rings. The number of hydrogen-bond acceptors (Lipinski definition) is 0. The molecule has 6 unspecified atom stereocenters. The van der Waals surface area contributed by atoms with Crippen molar-refractivity contribution in [3.05, 3.63) is 0 Å². The van der Waals surface area contributed by atoms with Gasteiger partial charge >= 0.3 is 0 Å². The topological polar surface area (TPSA) is 0 Å². The van der Waals surface area contributed by atoms with E-state index in [4.69, 9.17) is 0 Å². The van der Waals surface area contributed by atoms with E-state index in [1.165, 1.54) is 38.5 Å². The summed E-state index contributed by atoms with van der Waals surface area (Å²) in [6.07, 6.45) is 8.78. The normalized spacial score (nSPS) is 37.4. The molecule has 0 heteroatoms. The molecule has 0 heterocycles. The lowest BCUT2D eigenvalue weighted by Gasteiger charge is -2.62. The Kier molecular flexibility index (Phi) is 5.40. The highest BCUT2D eigenvalue weighted by Gasteiger charge is 2.55. The van der Waals surface area contributed by atoms with Crippen LogP contribution in [0.25, 0.3) is 0 Å². The average molecular weight is 307 g/mol. The Bertz CT molecular complexity index is 364. The lowest BCUT2D eigenvalue weighted by atomic mass is 9.43. The molecule has 2 aliphatic carbocycles. The van der Waals surface area contributed by atoms with Crippen molar-refractivity contribution in [2.24, 2.45) is 46.3 Å². The van der Waals surface area contributed by atoms with Crippen LogP contribution >= 0.6 is 0 Å². The molecule has 0 aromatic carbocycles. The predicted octanol–water partition coefficient (Wildman–Crippen LogP) is 7.18. The molecule has 0 amide bonds.